The molecular formula is C15H21NO3. The summed E-state index contributed by atoms with van der Waals surface area (Å²) in [6, 6.07) is 9.76. The van der Waals surface area contributed by atoms with Crippen molar-refractivity contribution in [2.24, 2.45) is 5.92 Å². The van der Waals surface area contributed by atoms with Crippen molar-refractivity contribution in [3.8, 4) is 0 Å². The Kier molecular flexibility index (Phi) is 6.06. The van der Waals surface area contributed by atoms with E-state index in [0.29, 0.717) is 19.4 Å². The summed E-state index contributed by atoms with van der Waals surface area (Å²) < 4.78 is 0. The fourth-order valence-electron chi connectivity index (χ4n) is 1.84. The summed E-state index contributed by atoms with van der Waals surface area (Å²) in [4.78, 5) is 24.2. The van der Waals surface area contributed by atoms with Gasteiger partial charge in [0.25, 0.3) is 0 Å². The van der Waals surface area contributed by atoms with E-state index in [1.54, 1.807) is 0 Å². The molecule has 1 aromatic carbocycles. The van der Waals surface area contributed by atoms with Gasteiger partial charge in [-0.25, -0.2) is 0 Å². The minimum atomic E-state index is -0.967. The summed E-state index contributed by atoms with van der Waals surface area (Å²) in [7, 11) is 0. The number of hydrogen-bond acceptors (Lipinski definition) is 2. The summed E-state index contributed by atoms with van der Waals surface area (Å²) >= 11 is 0. The molecule has 1 amide bonds. The molecule has 0 bridgehead atoms. The minimum Gasteiger partial charge on any atom is -0.480 e. The van der Waals surface area contributed by atoms with Crippen molar-refractivity contribution in [1.29, 1.82) is 0 Å². The Hall–Kier alpha value is -1.84. The zero-order chi connectivity index (χ0) is 14.3. The van der Waals surface area contributed by atoms with E-state index in [2.05, 4.69) is 0 Å². The van der Waals surface area contributed by atoms with Gasteiger partial charge in [-0.05, 0) is 17.9 Å². The molecule has 4 heteroatoms. The number of carboxylic acids is 1. The van der Waals surface area contributed by atoms with Crippen LogP contribution in [0.25, 0.3) is 0 Å². The van der Waals surface area contributed by atoms with E-state index in [1.807, 2.05) is 44.2 Å². The van der Waals surface area contributed by atoms with E-state index in [0.717, 1.165) is 5.56 Å². The minimum absolute atomic E-state index is 0.0895. The van der Waals surface area contributed by atoms with Crippen molar-refractivity contribution in [3.05, 3.63) is 35.9 Å². The van der Waals surface area contributed by atoms with Crippen LogP contribution in [-0.2, 0) is 16.0 Å². The van der Waals surface area contributed by atoms with Crippen molar-refractivity contribution in [1.82, 2.24) is 4.90 Å². The first-order valence-corrected chi connectivity index (χ1v) is 6.52. The van der Waals surface area contributed by atoms with Crippen LogP contribution in [0.5, 0.6) is 0 Å². The Labute approximate surface area is 114 Å². The van der Waals surface area contributed by atoms with Crippen LogP contribution in [0.15, 0.2) is 30.3 Å². The number of carbonyl (C=O) groups excluding carboxylic acids is 1. The van der Waals surface area contributed by atoms with Gasteiger partial charge in [0.15, 0.2) is 0 Å². The molecule has 1 rings (SSSR count). The van der Waals surface area contributed by atoms with Crippen molar-refractivity contribution < 1.29 is 14.7 Å². The monoisotopic (exact) mass is 263 g/mol. The summed E-state index contributed by atoms with van der Waals surface area (Å²) in [6.45, 7) is 4.13. The maximum Gasteiger partial charge on any atom is 0.323 e. The topological polar surface area (TPSA) is 57.6 Å². The fraction of sp³-hybridized carbons (Fsp3) is 0.467. The number of carbonyl (C=O) groups is 2. The SMILES string of the molecule is CC(C)CC(=O)N(CCc1ccccc1)CC(=O)O. The number of carboxylic acid groups (broad SMARTS) is 1. The molecular weight excluding hydrogens is 242 g/mol. The molecule has 0 heterocycles. The standard InChI is InChI=1S/C15H21NO3/c1-12(2)10-14(17)16(11-15(18)19)9-8-13-6-4-3-5-7-13/h3-7,12H,8-11H2,1-2H3,(H,18,19). The Morgan fingerprint density at radius 3 is 2.37 bits per heavy atom. The molecule has 4 nitrogen and oxygen atoms in total. The zero-order valence-corrected chi connectivity index (χ0v) is 11.5. The number of amides is 1. The third-order valence-corrected chi connectivity index (χ3v) is 2.77. The molecule has 0 atom stereocenters. The second-order valence-corrected chi connectivity index (χ2v) is 5.04. The van der Waals surface area contributed by atoms with Crippen molar-refractivity contribution in [3.63, 3.8) is 0 Å². The predicted octanol–water partition coefficient (Wildman–Crippen LogP) is 2.19. The molecule has 1 N–H and O–H groups in total. The van der Waals surface area contributed by atoms with E-state index in [4.69, 9.17) is 5.11 Å². The fourth-order valence-corrected chi connectivity index (χ4v) is 1.84. The maximum atomic E-state index is 12.0. The van der Waals surface area contributed by atoms with Crippen LogP contribution in [0.3, 0.4) is 0 Å². The van der Waals surface area contributed by atoms with Gasteiger partial charge in [0, 0.05) is 13.0 Å². The maximum absolute atomic E-state index is 12.0. The molecule has 0 saturated carbocycles. The van der Waals surface area contributed by atoms with Crippen molar-refractivity contribution >= 4 is 11.9 Å². The first-order chi connectivity index (χ1) is 8.99. The van der Waals surface area contributed by atoms with E-state index in [9.17, 15) is 9.59 Å². The van der Waals surface area contributed by atoms with E-state index in [1.165, 1.54) is 4.90 Å². The van der Waals surface area contributed by atoms with Gasteiger partial charge in [0.2, 0.25) is 5.91 Å². The third kappa shape index (κ3) is 6.04. The molecule has 1 aromatic rings. The van der Waals surface area contributed by atoms with Gasteiger partial charge in [-0.15, -0.1) is 0 Å². The first kappa shape index (κ1) is 15.2. The molecule has 0 spiro atoms. The van der Waals surface area contributed by atoms with E-state index >= 15 is 0 Å². The quantitative estimate of drug-likeness (QED) is 0.820. The summed E-state index contributed by atoms with van der Waals surface area (Å²) in [5, 5.41) is 8.87. The lowest BCUT2D eigenvalue weighted by molar-refractivity contribution is -0.144. The lowest BCUT2D eigenvalue weighted by Crippen LogP contribution is -2.37. The highest BCUT2D eigenvalue weighted by molar-refractivity contribution is 5.81. The van der Waals surface area contributed by atoms with Gasteiger partial charge in [0.05, 0.1) is 0 Å². The average molecular weight is 263 g/mol. The Morgan fingerprint density at radius 1 is 1.21 bits per heavy atom. The first-order valence-electron chi connectivity index (χ1n) is 6.52. The van der Waals surface area contributed by atoms with Crippen LogP contribution in [0, 0.1) is 5.92 Å². The summed E-state index contributed by atoms with van der Waals surface area (Å²) in [5.41, 5.74) is 1.11. The lowest BCUT2D eigenvalue weighted by Gasteiger charge is -2.21. The van der Waals surface area contributed by atoms with Crippen LogP contribution in [-0.4, -0.2) is 35.0 Å². The number of hydrogen-bond donors (Lipinski definition) is 1. The summed E-state index contributed by atoms with van der Waals surface area (Å²) in [5.74, 6) is -0.820. The van der Waals surface area contributed by atoms with Crippen LogP contribution in [0.1, 0.15) is 25.8 Å². The molecule has 0 aliphatic rings. The second-order valence-electron chi connectivity index (χ2n) is 5.04. The molecule has 0 fully saturated rings. The predicted molar refractivity (Wildman–Crippen MR) is 73.8 cm³/mol. The molecule has 104 valence electrons. The largest absolute Gasteiger partial charge is 0.480 e. The third-order valence-electron chi connectivity index (χ3n) is 2.77. The van der Waals surface area contributed by atoms with Crippen LogP contribution in [0.2, 0.25) is 0 Å². The lowest BCUT2D eigenvalue weighted by atomic mass is 10.1. The molecule has 0 aliphatic heterocycles. The van der Waals surface area contributed by atoms with Gasteiger partial charge in [-0.1, -0.05) is 44.2 Å². The Bertz CT molecular complexity index is 415. The van der Waals surface area contributed by atoms with E-state index in [-0.39, 0.29) is 18.4 Å². The van der Waals surface area contributed by atoms with Gasteiger partial charge < -0.3 is 10.0 Å². The highest BCUT2D eigenvalue weighted by Gasteiger charge is 2.17. The zero-order valence-electron chi connectivity index (χ0n) is 11.5. The van der Waals surface area contributed by atoms with Gasteiger partial charge in [-0.2, -0.15) is 0 Å². The van der Waals surface area contributed by atoms with Crippen LogP contribution < -0.4 is 0 Å². The number of benzene rings is 1. The normalized spacial score (nSPS) is 10.5. The number of rotatable bonds is 7. The molecule has 0 aromatic heterocycles. The highest BCUT2D eigenvalue weighted by atomic mass is 16.4. The van der Waals surface area contributed by atoms with Gasteiger partial charge in [-0.3, -0.25) is 9.59 Å². The van der Waals surface area contributed by atoms with E-state index < -0.39 is 5.97 Å². The molecule has 0 radical (unpaired) electrons. The average Bonchev–Trinajstić information content (AvgIpc) is 2.34. The number of nitrogens with zero attached hydrogens (tertiary/aromatic N) is 1. The second kappa shape index (κ2) is 7.56. The molecule has 19 heavy (non-hydrogen) atoms. The molecule has 0 saturated heterocycles. The molecule has 0 aliphatic carbocycles. The smallest absolute Gasteiger partial charge is 0.323 e. The summed E-state index contributed by atoms with van der Waals surface area (Å²) in [6.07, 6.45) is 1.07. The highest BCUT2D eigenvalue weighted by Crippen LogP contribution is 2.07. The van der Waals surface area contributed by atoms with Gasteiger partial charge in [0.1, 0.15) is 6.54 Å². The van der Waals surface area contributed by atoms with Gasteiger partial charge >= 0.3 is 5.97 Å². The van der Waals surface area contributed by atoms with Crippen molar-refractivity contribution in [2.75, 3.05) is 13.1 Å². The Morgan fingerprint density at radius 2 is 1.84 bits per heavy atom. The van der Waals surface area contributed by atoms with Crippen molar-refractivity contribution in [2.45, 2.75) is 26.7 Å². The molecule has 0 unspecified atom stereocenters. The Balaban J connectivity index is 2.59. The number of aliphatic carboxylic acids is 1. The van der Waals surface area contributed by atoms with Crippen LogP contribution >= 0.6 is 0 Å². The van der Waals surface area contributed by atoms with Crippen LogP contribution in [0.4, 0.5) is 0 Å².